The van der Waals surface area contributed by atoms with Gasteiger partial charge in [-0.1, -0.05) is 0 Å². The summed E-state index contributed by atoms with van der Waals surface area (Å²) in [6.07, 6.45) is 1.78. The number of nitrogens with zero attached hydrogens (tertiary/aromatic N) is 4. The first-order valence-corrected chi connectivity index (χ1v) is 4.72. The fourth-order valence-electron chi connectivity index (χ4n) is 1.23. The van der Waals surface area contributed by atoms with Crippen molar-refractivity contribution in [1.82, 2.24) is 19.7 Å². The van der Waals surface area contributed by atoms with E-state index >= 15 is 0 Å². The van der Waals surface area contributed by atoms with Crippen molar-refractivity contribution in [3.8, 4) is 17.7 Å². The number of hydrogen-bond acceptors (Lipinski definition) is 5. The average molecular weight is 220 g/mol. The Morgan fingerprint density at radius 1 is 1.12 bits per heavy atom. The summed E-state index contributed by atoms with van der Waals surface area (Å²) in [6.45, 7) is 1.90. The molecular formula is C10H12N4O2. The predicted octanol–water partition coefficient (Wildman–Crippen LogP) is 0.988. The Labute approximate surface area is 92.9 Å². The highest BCUT2D eigenvalue weighted by Gasteiger charge is 2.07. The molecule has 84 valence electrons. The van der Waals surface area contributed by atoms with Crippen LogP contribution in [0.15, 0.2) is 18.3 Å². The highest BCUT2D eigenvalue weighted by molar-refractivity contribution is 5.26. The summed E-state index contributed by atoms with van der Waals surface area (Å²) in [5.41, 5.74) is 0.894. The fraction of sp³-hybridized carbons (Fsp3) is 0.300. The molecule has 0 spiro atoms. The second-order valence-corrected chi connectivity index (χ2v) is 3.15. The van der Waals surface area contributed by atoms with E-state index < -0.39 is 0 Å². The Kier molecular flexibility index (Phi) is 2.72. The molecule has 0 fully saturated rings. The van der Waals surface area contributed by atoms with Gasteiger partial charge in [0.25, 0.3) is 5.95 Å². The normalized spacial score (nSPS) is 10.2. The molecule has 0 radical (unpaired) electrons. The first kappa shape index (κ1) is 10.4. The van der Waals surface area contributed by atoms with Crippen LogP contribution in [-0.2, 0) is 0 Å². The summed E-state index contributed by atoms with van der Waals surface area (Å²) in [7, 11) is 3.08. The molecule has 16 heavy (non-hydrogen) atoms. The Morgan fingerprint density at radius 3 is 2.19 bits per heavy atom. The molecule has 2 rings (SSSR count). The van der Waals surface area contributed by atoms with E-state index in [-0.39, 0.29) is 0 Å². The van der Waals surface area contributed by atoms with Crippen LogP contribution >= 0.6 is 0 Å². The SMILES string of the molecule is COc1cc(OC)nc(-n2ccc(C)n2)n1. The Balaban J connectivity index is 2.47. The maximum atomic E-state index is 5.05. The maximum Gasteiger partial charge on any atom is 0.257 e. The van der Waals surface area contributed by atoms with Crippen molar-refractivity contribution >= 4 is 0 Å². The van der Waals surface area contributed by atoms with E-state index in [2.05, 4.69) is 15.1 Å². The third kappa shape index (κ3) is 1.95. The summed E-state index contributed by atoms with van der Waals surface area (Å²) in [6, 6.07) is 3.48. The second kappa shape index (κ2) is 4.18. The van der Waals surface area contributed by atoms with Crippen molar-refractivity contribution in [2.45, 2.75) is 6.92 Å². The number of aromatic nitrogens is 4. The number of ether oxygens (including phenoxy) is 2. The molecule has 0 aliphatic carbocycles. The lowest BCUT2D eigenvalue weighted by atomic mass is 10.5. The molecule has 0 saturated carbocycles. The molecule has 0 atom stereocenters. The summed E-state index contributed by atoms with van der Waals surface area (Å²) >= 11 is 0. The van der Waals surface area contributed by atoms with Gasteiger partial charge in [-0.25, -0.2) is 4.68 Å². The lowest BCUT2D eigenvalue weighted by Gasteiger charge is -2.05. The molecule has 0 saturated heterocycles. The van der Waals surface area contributed by atoms with Crippen molar-refractivity contribution < 1.29 is 9.47 Å². The summed E-state index contributed by atoms with van der Waals surface area (Å²) in [5, 5.41) is 4.21. The van der Waals surface area contributed by atoms with Gasteiger partial charge in [-0.15, -0.1) is 0 Å². The molecule has 0 aliphatic rings. The van der Waals surface area contributed by atoms with Crippen molar-refractivity contribution in [3.63, 3.8) is 0 Å². The molecule has 0 unspecified atom stereocenters. The van der Waals surface area contributed by atoms with Gasteiger partial charge in [-0.3, -0.25) is 0 Å². The minimum absolute atomic E-state index is 0.421. The van der Waals surface area contributed by atoms with Crippen LogP contribution in [0.25, 0.3) is 5.95 Å². The lowest BCUT2D eigenvalue weighted by molar-refractivity contribution is 0.369. The van der Waals surface area contributed by atoms with Gasteiger partial charge in [-0.2, -0.15) is 15.1 Å². The van der Waals surface area contributed by atoms with Gasteiger partial charge in [0.05, 0.1) is 26.0 Å². The van der Waals surface area contributed by atoms with Crippen LogP contribution in [0.2, 0.25) is 0 Å². The minimum atomic E-state index is 0.421. The zero-order valence-corrected chi connectivity index (χ0v) is 9.34. The van der Waals surface area contributed by atoms with Crippen LogP contribution in [-0.4, -0.2) is 34.0 Å². The number of rotatable bonds is 3. The molecule has 0 N–H and O–H groups in total. The van der Waals surface area contributed by atoms with Gasteiger partial charge in [0.2, 0.25) is 11.8 Å². The van der Waals surface area contributed by atoms with Crippen LogP contribution in [0.4, 0.5) is 0 Å². The molecule has 0 aromatic carbocycles. The predicted molar refractivity (Wildman–Crippen MR) is 57.0 cm³/mol. The van der Waals surface area contributed by atoms with Gasteiger partial charge in [0, 0.05) is 6.20 Å². The highest BCUT2D eigenvalue weighted by Crippen LogP contribution is 2.16. The first-order chi connectivity index (χ1) is 7.72. The van der Waals surface area contributed by atoms with Crippen molar-refractivity contribution in [3.05, 3.63) is 24.0 Å². The molecule has 0 bridgehead atoms. The third-order valence-electron chi connectivity index (χ3n) is 2.01. The van der Waals surface area contributed by atoms with Gasteiger partial charge in [0.15, 0.2) is 0 Å². The molecular weight excluding hydrogens is 208 g/mol. The standard InChI is InChI=1S/C10H12N4O2/c1-7-4-5-14(13-7)10-11-8(15-2)6-9(12-10)16-3/h4-6H,1-3H3. The van der Waals surface area contributed by atoms with Gasteiger partial charge >= 0.3 is 0 Å². The third-order valence-corrected chi connectivity index (χ3v) is 2.01. The molecule has 2 aromatic heterocycles. The van der Waals surface area contributed by atoms with Crippen LogP contribution in [0.5, 0.6) is 11.8 Å². The summed E-state index contributed by atoms with van der Waals surface area (Å²) < 4.78 is 11.7. The average Bonchev–Trinajstić information content (AvgIpc) is 2.75. The van der Waals surface area contributed by atoms with E-state index in [0.717, 1.165) is 5.69 Å². The van der Waals surface area contributed by atoms with Crippen molar-refractivity contribution in [1.29, 1.82) is 0 Å². The Hall–Kier alpha value is -2.11. The van der Waals surface area contributed by atoms with Crippen LogP contribution in [0.1, 0.15) is 5.69 Å². The van der Waals surface area contributed by atoms with Crippen LogP contribution in [0, 0.1) is 6.92 Å². The van der Waals surface area contributed by atoms with Gasteiger partial charge < -0.3 is 9.47 Å². The summed E-state index contributed by atoms with van der Waals surface area (Å²) in [5.74, 6) is 1.30. The van der Waals surface area contributed by atoms with E-state index in [0.29, 0.717) is 17.7 Å². The topological polar surface area (TPSA) is 62.1 Å². The van der Waals surface area contributed by atoms with E-state index in [4.69, 9.17) is 9.47 Å². The number of methoxy groups -OCH3 is 2. The van der Waals surface area contributed by atoms with E-state index in [1.807, 2.05) is 13.0 Å². The van der Waals surface area contributed by atoms with E-state index in [1.165, 1.54) is 0 Å². The van der Waals surface area contributed by atoms with Crippen molar-refractivity contribution in [2.24, 2.45) is 0 Å². The van der Waals surface area contributed by atoms with Gasteiger partial charge in [-0.05, 0) is 13.0 Å². The highest BCUT2D eigenvalue weighted by atomic mass is 16.5. The number of hydrogen-bond donors (Lipinski definition) is 0. The molecule has 0 aliphatic heterocycles. The summed E-state index contributed by atoms with van der Waals surface area (Å²) in [4.78, 5) is 8.34. The van der Waals surface area contributed by atoms with E-state index in [1.54, 1.807) is 31.2 Å². The lowest BCUT2D eigenvalue weighted by Crippen LogP contribution is -2.04. The zero-order chi connectivity index (χ0) is 11.5. The Morgan fingerprint density at radius 2 is 1.75 bits per heavy atom. The van der Waals surface area contributed by atoms with Crippen LogP contribution < -0.4 is 9.47 Å². The maximum absolute atomic E-state index is 5.05. The van der Waals surface area contributed by atoms with E-state index in [9.17, 15) is 0 Å². The minimum Gasteiger partial charge on any atom is -0.481 e. The molecule has 6 nitrogen and oxygen atoms in total. The smallest absolute Gasteiger partial charge is 0.257 e. The quantitative estimate of drug-likeness (QED) is 0.771. The molecule has 6 heteroatoms. The van der Waals surface area contributed by atoms with Crippen molar-refractivity contribution in [2.75, 3.05) is 14.2 Å². The van der Waals surface area contributed by atoms with Crippen LogP contribution in [0.3, 0.4) is 0 Å². The molecule has 2 heterocycles. The zero-order valence-electron chi connectivity index (χ0n) is 9.34. The number of aryl methyl sites for hydroxylation is 1. The largest absolute Gasteiger partial charge is 0.481 e. The monoisotopic (exact) mass is 220 g/mol. The Bertz CT molecular complexity index is 473. The molecule has 0 amide bonds. The second-order valence-electron chi connectivity index (χ2n) is 3.15. The van der Waals surface area contributed by atoms with Gasteiger partial charge in [0.1, 0.15) is 0 Å². The first-order valence-electron chi connectivity index (χ1n) is 4.72. The fourth-order valence-corrected chi connectivity index (χ4v) is 1.23. The molecule has 2 aromatic rings.